The molecule has 0 fully saturated rings. The second kappa shape index (κ2) is 7.35. The van der Waals surface area contributed by atoms with Gasteiger partial charge in [-0.25, -0.2) is 4.79 Å². The van der Waals surface area contributed by atoms with Crippen LogP contribution >= 0.6 is 0 Å². The lowest BCUT2D eigenvalue weighted by atomic mass is 10.2. The van der Waals surface area contributed by atoms with E-state index in [-0.39, 0.29) is 18.6 Å². The van der Waals surface area contributed by atoms with Gasteiger partial charge in [0.1, 0.15) is 6.54 Å². The van der Waals surface area contributed by atoms with E-state index in [1.807, 2.05) is 12.1 Å². The van der Waals surface area contributed by atoms with Gasteiger partial charge in [0.2, 0.25) is 0 Å². The lowest BCUT2D eigenvalue weighted by Crippen LogP contribution is -2.46. The third-order valence-corrected chi connectivity index (χ3v) is 2.60. The number of carbonyl (C=O) groups excluding carboxylic acids is 1. The maximum absolute atomic E-state index is 11.8. The van der Waals surface area contributed by atoms with Crippen LogP contribution in [0.15, 0.2) is 24.5 Å². The van der Waals surface area contributed by atoms with Gasteiger partial charge in [-0.1, -0.05) is 6.07 Å². The van der Waals surface area contributed by atoms with Crippen molar-refractivity contribution in [3.05, 3.63) is 30.1 Å². The fourth-order valence-electron chi connectivity index (χ4n) is 1.60. The van der Waals surface area contributed by atoms with Crippen molar-refractivity contribution in [1.82, 2.24) is 15.2 Å². The van der Waals surface area contributed by atoms with Crippen LogP contribution in [0.2, 0.25) is 0 Å². The average Bonchev–Trinajstić information content (AvgIpc) is 2.36. The summed E-state index contributed by atoms with van der Waals surface area (Å²) in [5, 5.41) is 11.5. The highest BCUT2D eigenvalue weighted by Gasteiger charge is 2.19. The molecule has 6 nitrogen and oxygen atoms in total. The summed E-state index contributed by atoms with van der Waals surface area (Å²) >= 11 is 0. The summed E-state index contributed by atoms with van der Waals surface area (Å²) in [7, 11) is 0. The van der Waals surface area contributed by atoms with Gasteiger partial charge < -0.3 is 15.3 Å². The number of rotatable bonds is 6. The first kappa shape index (κ1) is 14.9. The molecule has 104 valence electrons. The van der Waals surface area contributed by atoms with Gasteiger partial charge in [-0.15, -0.1) is 0 Å². The maximum atomic E-state index is 11.8. The zero-order valence-corrected chi connectivity index (χ0v) is 11.2. The molecule has 19 heavy (non-hydrogen) atoms. The molecule has 0 aliphatic heterocycles. The molecule has 0 atom stereocenters. The zero-order chi connectivity index (χ0) is 14.3. The minimum Gasteiger partial charge on any atom is -0.480 e. The highest BCUT2D eigenvalue weighted by molar-refractivity contribution is 5.80. The second-order valence-corrected chi connectivity index (χ2v) is 4.46. The number of aliphatic carboxylic acids is 1. The largest absolute Gasteiger partial charge is 0.480 e. The third-order valence-electron chi connectivity index (χ3n) is 2.60. The summed E-state index contributed by atoms with van der Waals surface area (Å²) in [4.78, 5) is 27.8. The number of urea groups is 1. The molecule has 1 aromatic heterocycles. The Morgan fingerprint density at radius 1 is 1.47 bits per heavy atom. The number of hydrogen-bond acceptors (Lipinski definition) is 3. The van der Waals surface area contributed by atoms with E-state index in [1.165, 1.54) is 4.90 Å². The van der Waals surface area contributed by atoms with Gasteiger partial charge in [0, 0.05) is 25.0 Å². The molecule has 0 spiro atoms. The Morgan fingerprint density at radius 3 is 2.74 bits per heavy atom. The Balaban J connectivity index is 2.42. The van der Waals surface area contributed by atoms with Gasteiger partial charge in [-0.2, -0.15) is 0 Å². The number of carboxylic acid groups (broad SMARTS) is 1. The van der Waals surface area contributed by atoms with E-state index >= 15 is 0 Å². The zero-order valence-electron chi connectivity index (χ0n) is 11.2. The third kappa shape index (κ3) is 5.37. The van der Waals surface area contributed by atoms with Gasteiger partial charge in [0.05, 0.1) is 0 Å². The summed E-state index contributed by atoms with van der Waals surface area (Å²) in [5.41, 5.74) is 1.03. The topological polar surface area (TPSA) is 82.5 Å². The smallest absolute Gasteiger partial charge is 0.323 e. The number of carboxylic acids is 1. The van der Waals surface area contributed by atoms with E-state index in [0.717, 1.165) is 5.56 Å². The molecular formula is C13H19N3O3. The van der Waals surface area contributed by atoms with Crippen LogP contribution in [0.5, 0.6) is 0 Å². The molecule has 0 radical (unpaired) electrons. The summed E-state index contributed by atoms with van der Waals surface area (Å²) < 4.78 is 0. The first-order valence-electron chi connectivity index (χ1n) is 6.16. The molecule has 1 rings (SSSR count). The summed E-state index contributed by atoms with van der Waals surface area (Å²) in [6.45, 7) is 3.72. The van der Waals surface area contributed by atoms with Crippen LogP contribution < -0.4 is 5.32 Å². The Morgan fingerprint density at radius 2 is 2.21 bits per heavy atom. The quantitative estimate of drug-likeness (QED) is 0.807. The van der Waals surface area contributed by atoms with E-state index in [9.17, 15) is 9.59 Å². The van der Waals surface area contributed by atoms with Gasteiger partial charge in [-0.3, -0.25) is 9.78 Å². The Labute approximate surface area is 112 Å². The van der Waals surface area contributed by atoms with E-state index in [4.69, 9.17) is 5.11 Å². The fraction of sp³-hybridized carbons (Fsp3) is 0.462. The van der Waals surface area contributed by atoms with E-state index < -0.39 is 5.97 Å². The maximum Gasteiger partial charge on any atom is 0.323 e. The molecule has 6 heteroatoms. The van der Waals surface area contributed by atoms with Crippen molar-refractivity contribution in [1.29, 1.82) is 0 Å². The van der Waals surface area contributed by atoms with Gasteiger partial charge in [0.15, 0.2) is 0 Å². The van der Waals surface area contributed by atoms with Crippen LogP contribution in [0.1, 0.15) is 19.4 Å². The standard InChI is InChI=1S/C13H19N3O3/c1-10(2)16(9-12(17)18)13(19)15-7-5-11-4-3-6-14-8-11/h3-4,6,8,10H,5,7,9H2,1-2H3,(H,15,19)(H,17,18). The number of hydrogen-bond donors (Lipinski definition) is 2. The number of pyridine rings is 1. The van der Waals surface area contributed by atoms with E-state index in [1.54, 1.807) is 26.2 Å². The number of nitrogens with one attached hydrogen (secondary N) is 1. The Kier molecular flexibility index (Phi) is 5.78. The number of nitrogens with zero attached hydrogens (tertiary/aromatic N) is 2. The van der Waals surface area contributed by atoms with Crippen molar-refractivity contribution < 1.29 is 14.7 Å². The molecule has 0 aromatic carbocycles. The van der Waals surface area contributed by atoms with Crippen molar-refractivity contribution in [3.8, 4) is 0 Å². The normalized spacial score (nSPS) is 10.3. The van der Waals surface area contributed by atoms with Crippen molar-refractivity contribution in [2.24, 2.45) is 0 Å². The van der Waals surface area contributed by atoms with Crippen LogP contribution in [0.3, 0.4) is 0 Å². The predicted octanol–water partition coefficient (Wildman–Crippen LogP) is 1.13. The molecular weight excluding hydrogens is 246 g/mol. The first-order valence-corrected chi connectivity index (χ1v) is 6.16. The first-order chi connectivity index (χ1) is 9.00. The summed E-state index contributed by atoms with van der Waals surface area (Å²) in [6.07, 6.45) is 4.09. The van der Waals surface area contributed by atoms with Crippen molar-refractivity contribution >= 4 is 12.0 Å². The molecule has 2 amide bonds. The fourth-order valence-corrected chi connectivity index (χ4v) is 1.60. The number of carbonyl (C=O) groups is 2. The van der Waals surface area contributed by atoms with Crippen LogP contribution in [0, 0.1) is 0 Å². The summed E-state index contributed by atoms with van der Waals surface area (Å²) in [6, 6.07) is 3.24. The monoisotopic (exact) mass is 265 g/mol. The molecule has 1 heterocycles. The van der Waals surface area contributed by atoms with Gasteiger partial charge >= 0.3 is 12.0 Å². The molecule has 0 aliphatic rings. The van der Waals surface area contributed by atoms with Crippen molar-refractivity contribution in [2.75, 3.05) is 13.1 Å². The molecule has 0 unspecified atom stereocenters. The van der Waals surface area contributed by atoms with Gasteiger partial charge in [0.25, 0.3) is 0 Å². The Hall–Kier alpha value is -2.11. The lowest BCUT2D eigenvalue weighted by Gasteiger charge is -2.25. The van der Waals surface area contributed by atoms with Crippen LogP contribution in [0.4, 0.5) is 4.79 Å². The second-order valence-electron chi connectivity index (χ2n) is 4.46. The summed E-state index contributed by atoms with van der Waals surface area (Å²) in [5.74, 6) is -1.02. The average molecular weight is 265 g/mol. The predicted molar refractivity (Wildman–Crippen MR) is 70.8 cm³/mol. The molecule has 0 saturated carbocycles. The lowest BCUT2D eigenvalue weighted by molar-refractivity contribution is -0.138. The molecule has 0 bridgehead atoms. The van der Waals surface area contributed by atoms with E-state index in [2.05, 4.69) is 10.3 Å². The van der Waals surface area contributed by atoms with Crippen LogP contribution in [-0.4, -0.2) is 46.1 Å². The Bertz CT molecular complexity index is 420. The van der Waals surface area contributed by atoms with Crippen LogP contribution in [0.25, 0.3) is 0 Å². The number of aromatic nitrogens is 1. The molecule has 2 N–H and O–H groups in total. The minimum absolute atomic E-state index is 0.158. The van der Waals surface area contributed by atoms with Crippen molar-refractivity contribution in [2.45, 2.75) is 26.3 Å². The highest BCUT2D eigenvalue weighted by Crippen LogP contribution is 2.00. The number of amides is 2. The molecule has 0 aliphatic carbocycles. The van der Waals surface area contributed by atoms with Crippen LogP contribution in [-0.2, 0) is 11.2 Å². The van der Waals surface area contributed by atoms with Gasteiger partial charge in [-0.05, 0) is 31.9 Å². The molecule has 0 saturated heterocycles. The van der Waals surface area contributed by atoms with Crippen molar-refractivity contribution in [3.63, 3.8) is 0 Å². The van der Waals surface area contributed by atoms with E-state index in [0.29, 0.717) is 13.0 Å². The highest BCUT2D eigenvalue weighted by atomic mass is 16.4. The SMILES string of the molecule is CC(C)N(CC(=O)O)C(=O)NCCc1cccnc1. The molecule has 1 aromatic rings. The minimum atomic E-state index is -1.02.